The lowest BCUT2D eigenvalue weighted by molar-refractivity contribution is -0.143. The molecule has 0 saturated carbocycles. The minimum Gasteiger partial charge on any atom is -0.466 e. The van der Waals surface area contributed by atoms with Crippen molar-refractivity contribution in [3.8, 4) is 0 Å². The van der Waals surface area contributed by atoms with Crippen molar-refractivity contribution in [3.05, 3.63) is 20.7 Å². The predicted molar refractivity (Wildman–Crippen MR) is 93.9 cm³/mol. The molecule has 0 bridgehead atoms. The van der Waals surface area contributed by atoms with Crippen LogP contribution in [0.25, 0.3) is 11.0 Å². The van der Waals surface area contributed by atoms with Gasteiger partial charge in [0.1, 0.15) is 0 Å². The monoisotopic (exact) mass is 384 g/mol. The topological polar surface area (TPSA) is 106 Å². The van der Waals surface area contributed by atoms with Gasteiger partial charge in [0.15, 0.2) is 0 Å². The van der Waals surface area contributed by atoms with E-state index in [0.717, 1.165) is 28.2 Å². The Kier molecular flexibility index (Phi) is 6.56. The number of nitrogens with zero attached hydrogens (tertiary/aromatic N) is 2. The van der Waals surface area contributed by atoms with Gasteiger partial charge in [-0.15, -0.1) is 11.3 Å². The molecule has 0 aliphatic heterocycles. The number of esters is 1. The number of hydrogen-bond donors (Lipinski definition) is 0. The second-order valence-corrected chi connectivity index (χ2v) is 6.26. The number of methoxy groups -OCH3 is 2. The van der Waals surface area contributed by atoms with Crippen LogP contribution in [0.15, 0.2) is 10.2 Å². The van der Waals surface area contributed by atoms with Crippen molar-refractivity contribution in [2.24, 2.45) is 0 Å². The van der Waals surface area contributed by atoms with Crippen LogP contribution in [0.3, 0.4) is 0 Å². The van der Waals surface area contributed by atoms with E-state index in [1.807, 2.05) is 0 Å². The number of aryl methyl sites for hydroxylation is 1. The number of carbonyl (C=O) groups is 3. The smallest absolute Gasteiger partial charge is 0.422 e. The first-order chi connectivity index (χ1) is 12.5. The minimum atomic E-state index is -0.881. The molecule has 0 aliphatic carbocycles. The predicted octanol–water partition coefficient (Wildman–Crippen LogP) is 2.37. The Labute approximate surface area is 153 Å². The van der Waals surface area contributed by atoms with Gasteiger partial charge in [-0.05, 0) is 26.2 Å². The molecule has 0 aliphatic rings. The van der Waals surface area contributed by atoms with E-state index in [1.165, 1.54) is 11.3 Å². The SMILES string of the molecule is CCOC(=O)CCCCc1scc2c1n(C(=O)OC)c(=O)n2C(=O)OC. The number of aromatic nitrogens is 2. The van der Waals surface area contributed by atoms with Gasteiger partial charge < -0.3 is 14.2 Å². The van der Waals surface area contributed by atoms with Gasteiger partial charge in [-0.25, -0.2) is 14.4 Å². The minimum absolute atomic E-state index is 0.257. The van der Waals surface area contributed by atoms with Crippen molar-refractivity contribution in [2.45, 2.75) is 32.6 Å². The fourth-order valence-corrected chi connectivity index (χ4v) is 3.61. The highest BCUT2D eigenvalue weighted by molar-refractivity contribution is 7.11. The Morgan fingerprint density at radius 2 is 1.73 bits per heavy atom. The van der Waals surface area contributed by atoms with E-state index < -0.39 is 17.9 Å². The summed E-state index contributed by atoms with van der Waals surface area (Å²) >= 11 is 1.32. The van der Waals surface area contributed by atoms with Crippen LogP contribution >= 0.6 is 11.3 Å². The maximum atomic E-state index is 12.5. The summed E-state index contributed by atoms with van der Waals surface area (Å²) in [5, 5.41) is 1.62. The third-order valence-corrected chi connectivity index (χ3v) is 4.74. The molecule has 2 rings (SSSR count). The van der Waals surface area contributed by atoms with E-state index in [9.17, 15) is 19.2 Å². The summed E-state index contributed by atoms with van der Waals surface area (Å²) in [7, 11) is 2.31. The van der Waals surface area contributed by atoms with Crippen LogP contribution in [0, 0.1) is 0 Å². The lowest BCUT2D eigenvalue weighted by atomic mass is 10.1. The van der Waals surface area contributed by atoms with Crippen molar-refractivity contribution < 1.29 is 28.6 Å². The Bertz CT molecular complexity index is 877. The zero-order valence-electron chi connectivity index (χ0n) is 14.8. The van der Waals surface area contributed by atoms with Crippen LogP contribution < -0.4 is 5.69 Å². The molecule has 0 saturated heterocycles. The highest BCUT2D eigenvalue weighted by Gasteiger charge is 2.26. The fourth-order valence-electron chi connectivity index (χ4n) is 2.57. The van der Waals surface area contributed by atoms with E-state index in [-0.39, 0.29) is 11.5 Å². The van der Waals surface area contributed by atoms with E-state index in [4.69, 9.17) is 4.74 Å². The van der Waals surface area contributed by atoms with Crippen LogP contribution in [0.4, 0.5) is 9.59 Å². The number of thiophene rings is 1. The molecule has 142 valence electrons. The Morgan fingerprint density at radius 1 is 1.08 bits per heavy atom. The van der Waals surface area contributed by atoms with E-state index in [2.05, 4.69) is 9.47 Å². The van der Waals surface area contributed by atoms with Crippen molar-refractivity contribution in [1.29, 1.82) is 0 Å². The van der Waals surface area contributed by atoms with Crippen LogP contribution in [-0.4, -0.2) is 48.1 Å². The first kappa shape index (κ1) is 19.7. The average molecular weight is 384 g/mol. The number of rotatable bonds is 6. The van der Waals surface area contributed by atoms with Gasteiger partial charge in [0, 0.05) is 16.7 Å². The molecule has 9 nitrogen and oxygen atoms in total. The molecule has 0 atom stereocenters. The highest BCUT2D eigenvalue weighted by atomic mass is 32.1. The molecule has 0 spiro atoms. The molecule has 2 heterocycles. The summed E-state index contributed by atoms with van der Waals surface area (Å²) in [6.45, 7) is 2.09. The molecule has 0 unspecified atom stereocenters. The van der Waals surface area contributed by atoms with Gasteiger partial charge in [-0.1, -0.05) is 0 Å². The number of ether oxygens (including phenoxy) is 3. The van der Waals surface area contributed by atoms with E-state index in [0.29, 0.717) is 37.8 Å². The Morgan fingerprint density at radius 3 is 2.35 bits per heavy atom. The highest BCUT2D eigenvalue weighted by Crippen LogP contribution is 2.27. The number of unbranched alkanes of at least 4 members (excludes halogenated alkanes) is 1. The van der Waals surface area contributed by atoms with E-state index in [1.54, 1.807) is 12.3 Å². The molecule has 0 amide bonds. The van der Waals surface area contributed by atoms with Crippen LogP contribution in [-0.2, 0) is 25.4 Å². The van der Waals surface area contributed by atoms with Gasteiger partial charge in [0.2, 0.25) is 0 Å². The quantitative estimate of drug-likeness (QED) is 0.427. The first-order valence-corrected chi connectivity index (χ1v) is 8.90. The Balaban J connectivity index is 2.31. The maximum Gasteiger partial charge on any atom is 0.422 e. The third kappa shape index (κ3) is 3.79. The summed E-state index contributed by atoms with van der Waals surface area (Å²) in [6, 6.07) is 0. The third-order valence-electron chi connectivity index (χ3n) is 3.72. The fraction of sp³-hybridized carbons (Fsp3) is 0.500. The van der Waals surface area contributed by atoms with Gasteiger partial charge in [-0.3, -0.25) is 4.79 Å². The van der Waals surface area contributed by atoms with E-state index >= 15 is 0 Å². The van der Waals surface area contributed by atoms with Crippen LogP contribution in [0.1, 0.15) is 31.1 Å². The van der Waals surface area contributed by atoms with Crippen LogP contribution in [0.5, 0.6) is 0 Å². The number of carbonyl (C=O) groups excluding carboxylic acids is 3. The number of fused-ring (bicyclic) bond motifs is 1. The largest absolute Gasteiger partial charge is 0.466 e. The molecule has 0 N–H and O–H groups in total. The molecule has 0 radical (unpaired) electrons. The summed E-state index contributed by atoms with van der Waals surface area (Å²) in [4.78, 5) is 48.5. The summed E-state index contributed by atoms with van der Waals surface area (Å²) < 4.78 is 15.8. The van der Waals surface area contributed by atoms with Gasteiger partial charge >= 0.3 is 23.8 Å². The standard InChI is InChI=1S/C16H20N2O7S/c1-4-25-12(19)8-6-5-7-11-13-10(9-26-11)17(15(21)23-2)14(20)18(13)16(22)24-3/h9H,4-8H2,1-3H3. The zero-order chi connectivity index (χ0) is 19.3. The van der Waals surface area contributed by atoms with Gasteiger partial charge in [0.05, 0.1) is 31.9 Å². The molecule has 10 heteroatoms. The number of imidazole rings is 1. The van der Waals surface area contributed by atoms with Crippen molar-refractivity contribution >= 4 is 40.5 Å². The van der Waals surface area contributed by atoms with Crippen molar-refractivity contribution in [3.63, 3.8) is 0 Å². The molecule has 0 fully saturated rings. The lowest BCUT2D eigenvalue weighted by Crippen LogP contribution is -2.32. The average Bonchev–Trinajstić information content (AvgIpc) is 3.14. The molecule has 2 aromatic heterocycles. The second-order valence-electron chi connectivity index (χ2n) is 5.30. The summed E-state index contributed by atoms with van der Waals surface area (Å²) in [5.41, 5.74) is -0.222. The second kappa shape index (κ2) is 8.65. The van der Waals surface area contributed by atoms with Gasteiger partial charge in [-0.2, -0.15) is 9.13 Å². The van der Waals surface area contributed by atoms with Gasteiger partial charge in [0.25, 0.3) is 0 Å². The molecule has 0 aromatic carbocycles. The molecular formula is C16H20N2O7S. The zero-order valence-corrected chi connectivity index (χ0v) is 15.6. The number of hydrogen-bond acceptors (Lipinski definition) is 8. The molecule has 2 aromatic rings. The summed E-state index contributed by atoms with van der Waals surface area (Å²) in [5.74, 6) is -0.257. The van der Waals surface area contributed by atoms with Crippen molar-refractivity contribution in [2.75, 3.05) is 20.8 Å². The van der Waals surface area contributed by atoms with Crippen molar-refractivity contribution in [1.82, 2.24) is 9.13 Å². The Hall–Kier alpha value is -2.62. The van der Waals surface area contributed by atoms with Crippen LogP contribution in [0.2, 0.25) is 0 Å². The summed E-state index contributed by atoms with van der Waals surface area (Å²) in [6.07, 6.45) is 0.346. The molecule has 26 heavy (non-hydrogen) atoms. The first-order valence-electron chi connectivity index (χ1n) is 8.02. The maximum absolute atomic E-state index is 12.5. The normalized spacial score (nSPS) is 10.7. The molecular weight excluding hydrogens is 364 g/mol. The lowest BCUT2D eigenvalue weighted by Gasteiger charge is -2.03.